The van der Waals surface area contributed by atoms with Gasteiger partial charge in [-0.05, 0) is 12.5 Å². The zero-order valence-corrected chi connectivity index (χ0v) is 8.34. The molecule has 78 valence electrons. The van der Waals surface area contributed by atoms with Crippen molar-refractivity contribution in [1.82, 2.24) is 0 Å². The van der Waals surface area contributed by atoms with E-state index in [0.717, 1.165) is 0 Å². The van der Waals surface area contributed by atoms with E-state index in [4.69, 9.17) is 16.1 Å². The van der Waals surface area contributed by atoms with Gasteiger partial charge < -0.3 is 10.8 Å². The van der Waals surface area contributed by atoms with Gasteiger partial charge in [-0.2, -0.15) is 5.26 Å². The van der Waals surface area contributed by atoms with E-state index in [1.54, 1.807) is 36.4 Å². The minimum Gasteiger partial charge on any atom is -0.480 e. The van der Waals surface area contributed by atoms with Crippen LogP contribution >= 0.6 is 0 Å². The number of nitriles is 1. The molecule has 4 heteroatoms. The van der Waals surface area contributed by atoms with Gasteiger partial charge in [0, 0.05) is 6.04 Å². The van der Waals surface area contributed by atoms with Crippen molar-refractivity contribution >= 4 is 5.97 Å². The van der Waals surface area contributed by atoms with Crippen molar-refractivity contribution in [3.63, 3.8) is 0 Å². The van der Waals surface area contributed by atoms with E-state index in [1.165, 1.54) is 6.92 Å². The molecule has 1 aromatic carbocycles. The molecule has 0 aliphatic heterocycles. The highest BCUT2D eigenvalue weighted by atomic mass is 16.4. The Kier molecular flexibility index (Phi) is 3.08. The predicted octanol–water partition coefficient (Wildman–Crippen LogP) is 0.880. The topological polar surface area (TPSA) is 87.1 Å². The van der Waals surface area contributed by atoms with Gasteiger partial charge in [-0.3, -0.25) is 4.79 Å². The lowest BCUT2D eigenvalue weighted by molar-refractivity contribution is -0.142. The second-order valence-corrected chi connectivity index (χ2v) is 3.38. The minimum atomic E-state index is -1.67. The van der Waals surface area contributed by atoms with Gasteiger partial charge in [0.25, 0.3) is 0 Å². The Labute approximate surface area is 87.9 Å². The monoisotopic (exact) mass is 204 g/mol. The standard InChI is InChI=1S/C11H12N2O2/c1-8(13)11(7-12,10(14)15)9-5-3-2-4-6-9/h2-6,8H,13H2,1H3,(H,14,15). The average Bonchev–Trinajstić information content (AvgIpc) is 2.20. The first kappa shape index (κ1) is 11.2. The van der Waals surface area contributed by atoms with Crippen LogP contribution in [0.5, 0.6) is 0 Å². The van der Waals surface area contributed by atoms with E-state index in [1.807, 2.05) is 0 Å². The summed E-state index contributed by atoms with van der Waals surface area (Å²) in [6.07, 6.45) is 0. The van der Waals surface area contributed by atoms with Crippen LogP contribution < -0.4 is 5.73 Å². The van der Waals surface area contributed by atoms with E-state index < -0.39 is 17.4 Å². The highest BCUT2D eigenvalue weighted by molar-refractivity contribution is 5.86. The lowest BCUT2D eigenvalue weighted by atomic mass is 9.76. The lowest BCUT2D eigenvalue weighted by Gasteiger charge is -2.25. The number of nitrogens with two attached hydrogens (primary N) is 1. The Hall–Kier alpha value is -1.86. The number of nitrogens with zero attached hydrogens (tertiary/aromatic N) is 1. The largest absolute Gasteiger partial charge is 0.480 e. The SMILES string of the molecule is CC(N)C(C#N)(C(=O)O)c1ccccc1. The van der Waals surface area contributed by atoms with Crippen LogP contribution in [0.3, 0.4) is 0 Å². The number of carboxylic acids is 1. The number of hydrogen-bond donors (Lipinski definition) is 2. The first-order chi connectivity index (χ1) is 7.05. The van der Waals surface area contributed by atoms with Gasteiger partial charge in [0.2, 0.25) is 0 Å². The van der Waals surface area contributed by atoms with Gasteiger partial charge in [0.15, 0.2) is 5.41 Å². The molecule has 1 aromatic rings. The van der Waals surface area contributed by atoms with Crippen molar-refractivity contribution < 1.29 is 9.90 Å². The van der Waals surface area contributed by atoms with Crippen LogP contribution in [0.2, 0.25) is 0 Å². The minimum absolute atomic E-state index is 0.412. The second kappa shape index (κ2) is 4.11. The number of hydrogen-bond acceptors (Lipinski definition) is 3. The Morgan fingerprint density at radius 2 is 2.07 bits per heavy atom. The Balaban J connectivity index is 3.37. The van der Waals surface area contributed by atoms with Gasteiger partial charge in [0.05, 0.1) is 6.07 Å². The molecule has 0 saturated heterocycles. The molecule has 0 spiro atoms. The van der Waals surface area contributed by atoms with Gasteiger partial charge >= 0.3 is 5.97 Å². The Morgan fingerprint density at radius 1 is 1.53 bits per heavy atom. The molecule has 0 fully saturated rings. The van der Waals surface area contributed by atoms with Crippen molar-refractivity contribution in [2.45, 2.75) is 18.4 Å². The summed E-state index contributed by atoms with van der Waals surface area (Å²) in [5.41, 5.74) is 4.36. The molecule has 0 saturated carbocycles. The maximum absolute atomic E-state index is 11.2. The van der Waals surface area contributed by atoms with Gasteiger partial charge in [0.1, 0.15) is 0 Å². The molecular formula is C11H12N2O2. The van der Waals surface area contributed by atoms with Crippen LogP contribution in [-0.2, 0) is 10.2 Å². The van der Waals surface area contributed by atoms with Crippen molar-refractivity contribution in [3.05, 3.63) is 35.9 Å². The molecule has 2 unspecified atom stereocenters. The van der Waals surface area contributed by atoms with Crippen LogP contribution in [-0.4, -0.2) is 17.1 Å². The first-order valence-corrected chi connectivity index (χ1v) is 4.51. The Bertz CT molecular complexity index is 395. The second-order valence-electron chi connectivity index (χ2n) is 3.38. The third-order valence-electron chi connectivity index (χ3n) is 2.43. The summed E-state index contributed by atoms with van der Waals surface area (Å²) in [6, 6.07) is 9.36. The van der Waals surface area contributed by atoms with Crippen molar-refractivity contribution in [2.24, 2.45) is 5.73 Å². The average molecular weight is 204 g/mol. The molecule has 0 aromatic heterocycles. The molecular weight excluding hydrogens is 192 g/mol. The number of benzene rings is 1. The van der Waals surface area contributed by atoms with Gasteiger partial charge in [-0.15, -0.1) is 0 Å². The molecule has 2 atom stereocenters. The van der Waals surface area contributed by atoms with Crippen LogP contribution in [0.25, 0.3) is 0 Å². The zero-order valence-electron chi connectivity index (χ0n) is 8.34. The number of carbonyl (C=O) groups is 1. The summed E-state index contributed by atoms with van der Waals surface area (Å²) in [6.45, 7) is 1.52. The van der Waals surface area contributed by atoms with E-state index in [9.17, 15) is 4.79 Å². The van der Waals surface area contributed by atoms with E-state index >= 15 is 0 Å². The normalized spacial score (nSPS) is 16.1. The van der Waals surface area contributed by atoms with Gasteiger partial charge in [-0.1, -0.05) is 30.3 Å². The molecule has 15 heavy (non-hydrogen) atoms. The summed E-state index contributed by atoms with van der Waals surface area (Å²) >= 11 is 0. The smallest absolute Gasteiger partial charge is 0.330 e. The van der Waals surface area contributed by atoms with E-state index in [0.29, 0.717) is 5.56 Å². The molecule has 4 nitrogen and oxygen atoms in total. The van der Waals surface area contributed by atoms with Crippen LogP contribution in [0.15, 0.2) is 30.3 Å². The molecule has 0 amide bonds. The van der Waals surface area contributed by atoms with E-state index in [2.05, 4.69) is 0 Å². The molecule has 0 heterocycles. The van der Waals surface area contributed by atoms with Crippen LogP contribution in [0, 0.1) is 11.3 Å². The number of aliphatic carboxylic acids is 1. The molecule has 3 N–H and O–H groups in total. The highest BCUT2D eigenvalue weighted by Crippen LogP contribution is 2.26. The summed E-state index contributed by atoms with van der Waals surface area (Å²) in [7, 11) is 0. The number of carboxylic acid groups (broad SMARTS) is 1. The summed E-state index contributed by atoms with van der Waals surface area (Å²) in [5, 5.41) is 18.2. The maximum Gasteiger partial charge on any atom is 0.330 e. The fraction of sp³-hybridized carbons (Fsp3) is 0.273. The van der Waals surface area contributed by atoms with Crippen molar-refractivity contribution in [1.29, 1.82) is 5.26 Å². The quantitative estimate of drug-likeness (QED) is 0.765. The first-order valence-electron chi connectivity index (χ1n) is 4.51. The summed E-state index contributed by atoms with van der Waals surface area (Å²) < 4.78 is 0. The third-order valence-corrected chi connectivity index (χ3v) is 2.43. The molecule has 0 aliphatic rings. The van der Waals surface area contributed by atoms with Gasteiger partial charge in [-0.25, -0.2) is 0 Å². The van der Waals surface area contributed by atoms with Crippen molar-refractivity contribution in [3.8, 4) is 6.07 Å². The molecule has 0 radical (unpaired) electrons. The predicted molar refractivity (Wildman–Crippen MR) is 55.0 cm³/mol. The molecule has 0 bridgehead atoms. The maximum atomic E-state index is 11.2. The summed E-state index contributed by atoms with van der Waals surface area (Å²) in [5.74, 6) is -1.22. The van der Waals surface area contributed by atoms with Crippen LogP contribution in [0.4, 0.5) is 0 Å². The zero-order chi connectivity index (χ0) is 11.5. The molecule has 1 rings (SSSR count). The third kappa shape index (κ3) is 1.69. The fourth-order valence-electron chi connectivity index (χ4n) is 1.50. The van der Waals surface area contributed by atoms with E-state index in [-0.39, 0.29) is 0 Å². The Morgan fingerprint density at radius 3 is 2.40 bits per heavy atom. The van der Waals surface area contributed by atoms with Crippen molar-refractivity contribution in [2.75, 3.05) is 0 Å². The lowest BCUT2D eigenvalue weighted by Crippen LogP contribution is -2.48. The number of rotatable bonds is 3. The molecule has 0 aliphatic carbocycles. The highest BCUT2D eigenvalue weighted by Gasteiger charge is 2.44. The van der Waals surface area contributed by atoms with Crippen LogP contribution in [0.1, 0.15) is 12.5 Å². The summed E-state index contributed by atoms with van der Waals surface area (Å²) in [4.78, 5) is 11.2. The fourth-order valence-corrected chi connectivity index (χ4v) is 1.50.